The van der Waals surface area contributed by atoms with Crippen LogP contribution < -0.4 is 0 Å². The van der Waals surface area contributed by atoms with Crippen molar-refractivity contribution in [2.24, 2.45) is 0 Å². The molecular formula is C9H7ClN2OS. The van der Waals surface area contributed by atoms with Gasteiger partial charge < -0.3 is 4.98 Å². The van der Waals surface area contributed by atoms with Crippen LogP contribution in [0.4, 0.5) is 0 Å². The summed E-state index contributed by atoms with van der Waals surface area (Å²) in [5, 5.41) is -0.477. The summed E-state index contributed by atoms with van der Waals surface area (Å²) >= 11 is 7.03. The number of carbonyl (C=O) groups is 1. The van der Waals surface area contributed by atoms with Crippen LogP contribution in [-0.4, -0.2) is 21.5 Å². The zero-order valence-corrected chi connectivity index (χ0v) is 8.95. The van der Waals surface area contributed by atoms with Crippen LogP contribution in [0.5, 0.6) is 0 Å². The fourth-order valence-electron chi connectivity index (χ4n) is 1.34. The van der Waals surface area contributed by atoms with E-state index in [4.69, 9.17) is 11.6 Å². The minimum atomic E-state index is -0.477. The first-order valence-electron chi connectivity index (χ1n) is 3.94. The molecular weight excluding hydrogens is 220 g/mol. The average Bonchev–Trinajstić information content (AvgIpc) is 2.64. The Morgan fingerprint density at radius 3 is 3.00 bits per heavy atom. The summed E-state index contributed by atoms with van der Waals surface area (Å²) in [7, 11) is 0. The molecule has 72 valence electrons. The largest absolute Gasteiger partial charge is 0.344 e. The Morgan fingerprint density at radius 1 is 1.57 bits per heavy atom. The maximum Gasteiger partial charge on any atom is 0.254 e. The predicted octanol–water partition coefficient (Wildman–Crippen LogP) is 2.66. The number of nitrogens with zero attached hydrogens (tertiary/aromatic N) is 1. The van der Waals surface area contributed by atoms with Crippen molar-refractivity contribution in [3.63, 3.8) is 0 Å². The molecule has 1 aromatic carbocycles. The summed E-state index contributed by atoms with van der Waals surface area (Å²) < 4.78 is 0. The Bertz CT molecular complexity index is 495. The Kier molecular flexibility index (Phi) is 2.48. The number of hydrogen-bond donors (Lipinski definition) is 1. The molecule has 5 heteroatoms. The second-order valence-corrected chi connectivity index (χ2v) is 3.91. The molecule has 3 nitrogen and oxygen atoms in total. The molecule has 0 unspecified atom stereocenters. The number of thioether (sulfide) groups is 1. The lowest BCUT2D eigenvalue weighted by Crippen LogP contribution is -1.91. The zero-order chi connectivity index (χ0) is 10.1. The van der Waals surface area contributed by atoms with E-state index < -0.39 is 5.24 Å². The Balaban J connectivity index is 2.78. The molecule has 1 heterocycles. The third-order valence-electron chi connectivity index (χ3n) is 1.97. The van der Waals surface area contributed by atoms with E-state index in [1.54, 1.807) is 24.2 Å². The van der Waals surface area contributed by atoms with Crippen LogP contribution in [0.1, 0.15) is 10.4 Å². The number of halogens is 1. The summed E-state index contributed by atoms with van der Waals surface area (Å²) in [6, 6.07) is 3.56. The second kappa shape index (κ2) is 3.63. The highest BCUT2D eigenvalue weighted by molar-refractivity contribution is 7.98. The number of fused-ring (bicyclic) bond motifs is 1. The summed E-state index contributed by atoms with van der Waals surface area (Å²) in [5.74, 6) is 0. The average molecular weight is 227 g/mol. The molecule has 0 aliphatic heterocycles. The quantitative estimate of drug-likeness (QED) is 0.633. The number of aromatic amines is 1. The van der Waals surface area contributed by atoms with E-state index in [0.717, 1.165) is 10.4 Å². The van der Waals surface area contributed by atoms with E-state index in [2.05, 4.69) is 9.97 Å². The van der Waals surface area contributed by atoms with Gasteiger partial charge in [0.1, 0.15) is 5.52 Å². The van der Waals surface area contributed by atoms with E-state index in [0.29, 0.717) is 11.1 Å². The monoisotopic (exact) mass is 226 g/mol. The van der Waals surface area contributed by atoms with Crippen LogP contribution in [0.25, 0.3) is 11.0 Å². The van der Waals surface area contributed by atoms with E-state index in [-0.39, 0.29) is 0 Å². The smallest absolute Gasteiger partial charge is 0.254 e. The Labute approximate surface area is 89.9 Å². The van der Waals surface area contributed by atoms with Crippen molar-refractivity contribution in [3.05, 3.63) is 24.0 Å². The lowest BCUT2D eigenvalue weighted by Gasteiger charge is -2.00. The molecule has 0 saturated heterocycles. The van der Waals surface area contributed by atoms with Gasteiger partial charge in [0.2, 0.25) is 0 Å². The molecule has 2 rings (SSSR count). The van der Waals surface area contributed by atoms with Crippen molar-refractivity contribution in [1.82, 2.24) is 9.97 Å². The van der Waals surface area contributed by atoms with Crippen LogP contribution in [-0.2, 0) is 0 Å². The number of hydrogen-bond acceptors (Lipinski definition) is 3. The molecule has 0 amide bonds. The van der Waals surface area contributed by atoms with Gasteiger partial charge in [-0.1, -0.05) is 0 Å². The summed E-state index contributed by atoms with van der Waals surface area (Å²) in [5.41, 5.74) is 1.95. The van der Waals surface area contributed by atoms with Gasteiger partial charge in [0.25, 0.3) is 5.24 Å². The highest BCUT2D eigenvalue weighted by atomic mass is 35.5. The number of imidazole rings is 1. The minimum Gasteiger partial charge on any atom is -0.344 e. The molecule has 0 radical (unpaired) electrons. The molecule has 0 atom stereocenters. The molecule has 1 aromatic heterocycles. The van der Waals surface area contributed by atoms with Crippen molar-refractivity contribution in [3.8, 4) is 0 Å². The van der Waals surface area contributed by atoms with Crippen LogP contribution >= 0.6 is 23.4 Å². The van der Waals surface area contributed by atoms with Crippen molar-refractivity contribution in [1.29, 1.82) is 0 Å². The molecule has 1 N–H and O–H groups in total. The fraction of sp³-hybridized carbons (Fsp3) is 0.111. The topological polar surface area (TPSA) is 45.8 Å². The molecule has 0 aliphatic rings. The number of rotatable bonds is 2. The molecule has 2 aromatic rings. The van der Waals surface area contributed by atoms with Crippen molar-refractivity contribution in [2.75, 3.05) is 6.26 Å². The van der Waals surface area contributed by atoms with E-state index >= 15 is 0 Å². The normalized spacial score (nSPS) is 10.7. The number of nitrogens with one attached hydrogen (secondary N) is 1. The molecule has 0 saturated carbocycles. The second-order valence-electron chi connectivity index (χ2n) is 2.72. The minimum absolute atomic E-state index is 0.445. The first-order chi connectivity index (χ1) is 6.74. The molecule has 0 fully saturated rings. The molecule has 0 bridgehead atoms. The van der Waals surface area contributed by atoms with Crippen molar-refractivity contribution < 1.29 is 4.79 Å². The summed E-state index contributed by atoms with van der Waals surface area (Å²) in [4.78, 5) is 19.2. The van der Waals surface area contributed by atoms with E-state index in [9.17, 15) is 4.79 Å². The van der Waals surface area contributed by atoms with Gasteiger partial charge in [-0.25, -0.2) is 4.98 Å². The first kappa shape index (κ1) is 9.55. The van der Waals surface area contributed by atoms with Gasteiger partial charge in [0.05, 0.1) is 17.4 Å². The van der Waals surface area contributed by atoms with E-state index in [1.807, 2.05) is 12.3 Å². The summed E-state index contributed by atoms with van der Waals surface area (Å²) in [6.45, 7) is 0. The van der Waals surface area contributed by atoms with Crippen molar-refractivity contribution in [2.45, 2.75) is 4.90 Å². The third-order valence-corrected chi connectivity index (χ3v) is 2.96. The van der Waals surface area contributed by atoms with Crippen molar-refractivity contribution >= 4 is 39.6 Å². The van der Waals surface area contributed by atoms with Crippen LogP contribution in [0.3, 0.4) is 0 Å². The SMILES string of the molecule is CSc1ccc(C(=O)Cl)c2nc[nH]c12. The maximum absolute atomic E-state index is 11.1. The number of H-pyrrole nitrogens is 1. The number of benzene rings is 1. The lowest BCUT2D eigenvalue weighted by molar-refractivity contribution is 0.108. The van der Waals surface area contributed by atoms with Crippen LogP contribution in [0.2, 0.25) is 0 Å². The Hall–Kier alpha value is -1.00. The van der Waals surface area contributed by atoms with Gasteiger partial charge in [-0.2, -0.15) is 0 Å². The highest BCUT2D eigenvalue weighted by Crippen LogP contribution is 2.26. The van der Waals surface area contributed by atoms with Gasteiger partial charge >= 0.3 is 0 Å². The maximum atomic E-state index is 11.1. The molecule has 0 spiro atoms. The Morgan fingerprint density at radius 2 is 2.36 bits per heavy atom. The van der Waals surface area contributed by atoms with Gasteiger partial charge in [-0.15, -0.1) is 11.8 Å². The highest BCUT2D eigenvalue weighted by Gasteiger charge is 2.11. The van der Waals surface area contributed by atoms with Crippen LogP contribution in [0.15, 0.2) is 23.4 Å². The van der Waals surface area contributed by atoms with Crippen LogP contribution in [0, 0.1) is 0 Å². The molecule has 0 aliphatic carbocycles. The van der Waals surface area contributed by atoms with E-state index in [1.165, 1.54) is 0 Å². The summed E-state index contributed by atoms with van der Waals surface area (Å²) in [6.07, 6.45) is 3.53. The fourth-order valence-corrected chi connectivity index (χ4v) is 2.05. The predicted molar refractivity (Wildman–Crippen MR) is 58.1 cm³/mol. The zero-order valence-electron chi connectivity index (χ0n) is 7.37. The standard InChI is InChI=1S/C9H7ClN2OS/c1-14-6-3-2-5(9(10)13)7-8(6)12-4-11-7/h2-4H,1H3,(H,11,12). The first-order valence-corrected chi connectivity index (χ1v) is 5.54. The molecule has 14 heavy (non-hydrogen) atoms. The third kappa shape index (κ3) is 1.40. The lowest BCUT2D eigenvalue weighted by atomic mass is 10.2. The number of aromatic nitrogens is 2. The number of carbonyl (C=O) groups excluding carboxylic acids is 1. The van der Waals surface area contributed by atoms with Gasteiger partial charge in [-0.05, 0) is 30.0 Å². The van der Waals surface area contributed by atoms with Gasteiger partial charge in [-0.3, -0.25) is 4.79 Å². The van der Waals surface area contributed by atoms with Gasteiger partial charge in [0, 0.05) is 4.90 Å². The van der Waals surface area contributed by atoms with Gasteiger partial charge in [0.15, 0.2) is 0 Å².